The van der Waals surface area contributed by atoms with Gasteiger partial charge in [0.1, 0.15) is 12.0 Å². The van der Waals surface area contributed by atoms with Crippen LogP contribution < -0.4 is 0 Å². The van der Waals surface area contributed by atoms with Crippen LogP contribution in [0.3, 0.4) is 0 Å². The Kier molecular flexibility index (Phi) is 3.07. The van der Waals surface area contributed by atoms with Crippen molar-refractivity contribution in [3.05, 3.63) is 29.3 Å². The highest BCUT2D eigenvalue weighted by atomic mass is 16.3. The molecule has 0 radical (unpaired) electrons. The van der Waals surface area contributed by atoms with Gasteiger partial charge in [-0.3, -0.25) is 0 Å². The fraction of sp³-hybridized carbons (Fsp3) is 0.364. The number of rotatable bonds is 3. The topological polar surface area (TPSA) is 37.3 Å². The zero-order chi connectivity index (χ0) is 9.84. The predicted molar refractivity (Wildman–Crippen MR) is 51.9 cm³/mol. The number of aromatic hydroxyl groups is 1. The van der Waals surface area contributed by atoms with E-state index in [-0.39, 0.29) is 11.7 Å². The number of aldehydes is 1. The predicted octanol–water partition coefficient (Wildman–Crippen LogP) is 2.39. The molecule has 0 aromatic heterocycles. The smallest absolute Gasteiger partial charge is 0.120 e. The maximum Gasteiger partial charge on any atom is 0.120 e. The summed E-state index contributed by atoms with van der Waals surface area (Å²) >= 11 is 0. The molecule has 0 heterocycles. The number of benzene rings is 1. The van der Waals surface area contributed by atoms with Crippen LogP contribution in [0.5, 0.6) is 5.75 Å². The molecule has 0 saturated heterocycles. The van der Waals surface area contributed by atoms with E-state index in [1.54, 1.807) is 6.07 Å². The molecule has 0 aliphatic heterocycles. The minimum absolute atomic E-state index is 0.0955. The molecule has 70 valence electrons. The van der Waals surface area contributed by atoms with Crippen molar-refractivity contribution < 1.29 is 9.90 Å². The van der Waals surface area contributed by atoms with Crippen molar-refractivity contribution in [3.63, 3.8) is 0 Å². The minimum atomic E-state index is 0.0955. The summed E-state index contributed by atoms with van der Waals surface area (Å²) in [5.74, 6) is 0.382. The van der Waals surface area contributed by atoms with E-state index < -0.39 is 0 Å². The number of aryl methyl sites for hydroxylation is 1. The van der Waals surface area contributed by atoms with Crippen LogP contribution in [0.4, 0.5) is 0 Å². The molecule has 13 heavy (non-hydrogen) atoms. The van der Waals surface area contributed by atoms with Crippen LogP contribution in [0, 0.1) is 6.92 Å². The molecule has 2 heteroatoms. The number of carbonyl (C=O) groups is 1. The molecule has 1 aromatic rings. The lowest BCUT2D eigenvalue weighted by molar-refractivity contribution is -0.108. The second kappa shape index (κ2) is 4.08. The molecule has 0 aliphatic carbocycles. The van der Waals surface area contributed by atoms with E-state index in [2.05, 4.69) is 0 Å². The first-order valence-corrected chi connectivity index (χ1v) is 4.38. The standard InChI is InChI=1S/C11H14O2/c1-8-3-4-10(11(13)7-8)9(2)5-6-12/h3-4,6-7,9,13H,5H2,1-2H3. The maximum absolute atomic E-state index is 10.3. The molecule has 0 spiro atoms. The Bertz CT molecular complexity index is 305. The minimum Gasteiger partial charge on any atom is -0.508 e. The van der Waals surface area contributed by atoms with Crippen molar-refractivity contribution >= 4 is 6.29 Å². The fourth-order valence-electron chi connectivity index (χ4n) is 1.34. The molecule has 1 aromatic carbocycles. The van der Waals surface area contributed by atoms with Gasteiger partial charge < -0.3 is 9.90 Å². The Balaban J connectivity index is 2.94. The highest BCUT2D eigenvalue weighted by Gasteiger charge is 2.09. The van der Waals surface area contributed by atoms with Crippen LogP contribution >= 0.6 is 0 Å². The molecular weight excluding hydrogens is 164 g/mol. The highest BCUT2D eigenvalue weighted by molar-refractivity contribution is 5.52. The second-order valence-corrected chi connectivity index (χ2v) is 3.37. The maximum atomic E-state index is 10.3. The van der Waals surface area contributed by atoms with Crippen LogP contribution in [0.25, 0.3) is 0 Å². The van der Waals surface area contributed by atoms with Crippen molar-refractivity contribution in [2.75, 3.05) is 0 Å². The van der Waals surface area contributed by atoms with E-state index in [0.29, 0.717) is 6.42 Å². The lowest BCUT2D eigenvalue weighted by atomic mass is 9.96. The van der Waals surface area contributed by atoms with Crippen molar-refractivity contribution in [1.82, 2.24) is 0 Å². The van der Waals surface area contributed by atoms with Gasteiger partial charge in [0, 0.05) is 6.42 Å². The van der Waals surface area contributed by atoms with E-state index in [9.17, 15) is 9.90 Å². The number of hydrogen-bond donors (Lipinski definition) is 1. The third-order valence-corrected chi connectivity index (χ3v) is 2.17. The molecular formula is C11H14O2. The Morgan fingerprint density at radius 2 is 2.23 bits per heavy atom. The molecule has 1 rings (SSSR count). The highest BCUT2D eigenvalue weighted by Crippen LogP contribution is 2.27. The van der Waals surface area contributed by atoms with Crippen molar-refractivity contribution in [3.8, 4) is 5.75 Å². The van der Waals surface area contributed by atoms with Gasteiger partial charge in [0.25, 0.3) is 0 Å². The van der Waals surface area contributed by atoms with Gasteiger partial charge in [0.05, 0.1) is 0 Å². The zero-order valence-corrected chi connectivity index (χ0v) is 7.95. The first-order chi connectivity index (χ1) is 6.15. The normalized spacial score (nSPS) is 12.5. The van der Waals surface area contributed by atoms with Gasteiger partial charge in [-0.2, -0.15) is 0 Å². The Morgan fingerprint density at radius 1 is 1.54 bits per heavy atom. The third kappa shape index (κ3) is 2.31. The van der Waals surface area contributed by atoms with Gasteiger partial charge in [-0.25, -0.2) is 0 Å². The van der Waals surface area contributed by atoms with E-state index >= 15 is 0 Å². The second-order valence-electron chi connectivity index (χ2n) is 3.37. The SMILES string of the molecule is Cc1ccc(C(C)CC=O)c(O)c1. The van der Waals surface area contributed by atoms with Gasteiger partial charge in [0.2, 0.25) is 0 Å². The molecule has 0 fully saturated rings. The third-order valence-electron chi connectivity index (χ3n) is 2.17. The van der Waals surface area contributed by atoms with Crippen molar-refractivity contribution in [2.45, 2.75) is 26.2 Å². The average Bonchev–Trinajstić information content (AvgIpc) is 2.04. The summed E-state index contributed by atoms with van der Waals surface area (Å²) < 4.78 is 0. The van der Waals surface area contributed by atoms with Crippen LogP contribution in [-0.2, 0) is 4.79 Å². The van der Waals surface area contributed by atoms with E-state index in [1.807, 2.05) is 26.0 Å². The van der Waals surface area contributed by atoms with Gasteiger partial charge in [-0.15, -0.1) is 0 Å². The summed E-state index contributed by atoms with van der Waals surface area (Å²) in [4.78, 5) is 10.3. The number of phenols is 1. The zero-order valence-electron chi connectivity index (χ0n) is 7.95. The van der Waals surface area contributed by atoms with Gasteiger partial charge >= 0.3 is 0 Å². The molecule has 2 nitrogen and oxygen atoms in total. The monoisotopic (exact) mass is 178 g/mol. The van der Waals surface area contributed by atoms with Crippen molar-refractivity contribution in [2.24, 2.45) is 0 Å². The van der Waals surface area contributed by atoms with Gasteiger partial charge in [-0.05, 0) is 30.0 Å². The van der Waals surface area contributed by atoms with E-state index in [1.165, 1.54) is 0 Å². The number of hydrogen-bond acceptors (Lipinski definition) is 2. The lowest BCUT2D eigenvalue weighted by Gasteiger charge is -2.10. The summed E-state index contributed by atoms with van der Waals surface area (Å²) in [5, 5.41) is 9.57. The quantitative estimate of drug-likeness (QED) is 0.721. The summed E-state index contributed by atoms with van der Waals surface area (Å²) in [6.45, 7) is 3.85. The molecule has 1 N–H and O–H groups in total. The molecule has 0 bridgehead atoms. The van der Waals surface area contributed by atoms with E-state index in [4.69, 9.17) is 0 Å². The van der Waals surface area contributed by atoms with Crippen LogP contribution in [0.15, 0.2) is 18.2 Å². The molecule has 1 atom stereocenters. The molecule has 0 aliphatic rings. The lowest BCUT2D eigenvalue weighted by Crippen LogP contribution is -1.94. The Labute approximate surface area is 78.2 Å². The first-order valence-electron chi connectivity index (χ1n) is 4.38. The average molecular weight is 178 g/mol. The van der Waals surface area contributed by atoms with Crippen molar-refractivity contribution in [1.29, 1.82) is 0 Å². The summed E-state index contributed by atoms with van der Waals surface area (Å²) in [5.41, 5.74) is 1.87. The first kappa shape index (κ1) is 9.78. The van der Waals surface area contributed by atoms with E-state index in [0.717, 1.165) is 17.4 Å². The van der Waals surface area contributed by atoms with Crippen LogP contribution in [0.2, 0.25) is 0 Å². The number of carbonyl (C=O) groups excluding carboxylic acids is 1. The Hall–Kier alpha value is -1.31. The number of phenolic OH excluding ortho intramolecular Hbond substituents is 1. The van der Waals surface area contributed by atoms with Crippen LogP contribution in [0.1, 0.15) is 30.4 Å². The summed E-state index contributed by atoms with van der Waals surface area (Å²) in [6.07, 6.45) is 1.33. The van der Waals surface area contributed by atoms with Gasteiger partial charge in [-0.1, -0.05) is 19.1 Å². The summed E-state index contributed by atoms with van der Waals surface area (Å²) in [7, 11) is 0. The summed E-state index contributed by atoms with van der Waals surface area (Å²) in [6, 6.07) is 5.53. The largest absolute Gasteiger partial charge is 0.508 e. The van der Waals surface area contributed by atoms with Crippen LogP contribution in [-0.4, -0.2) is 11.4 Å². The Morgan fingerprint density at radius 3 is 2.77 bits per heavy atom. The fourth-order valence-corrected chi connectivity index (χ4v) is 1.34. The molecule has 0 amide bonds. The van der Waals surface area contributed by atoms with Gasteiger partial charge in [0.15, 0.2) is 0 Å². The molecule has 1 unspecified atom stereocenters. The molecule has 0 saturated carbocycles.